The van der Waals surface area contributed by atoms with Crippen molar-refractivity contribution < 1.29 is 9.13 Å². The minimum Gasteiger partial charge on any atom is -0.436 e. The molecule has 7 heteroatoms. The van der Waals surface area contributed by atoms with Crippen LogP contribution in [0.4, 0.5) is 4.39 Å². The van der Waals surface area contributed by atoms with Crippen molar-refractivity contribution in [3.05, 3.63) is 45.5 Å². The summed E-state index contributed by atoms with van der Waals surface area (Å²) < 4.78 is 19.6. The molecule has 0 fully saturated rings. The Labute approximate surface area is 135 Å². The molecule has 0 saturated heterocycles. The van der Waals surface area contributed by atoms with Crippen LogP contribution < -0.4 is 10.1 Å². The summed E-state index contributed by atoms with van der Waals surface area (Å²) in [6, 6.07) is 2.64. The third kappa shape index (κ3) is 4.62. The van der Waals surface area contributed by atoms with Gasteiger partial charge in [-0.2, -0.15) is 0 Å². The number of rotatable bonds is 6. The zero-order valence-corrected chi connectivity index (χ0v) is 13.7. The number of aromatic nitrogens is 2. The van der Waals surface area contributed by atoms with E-state index in [1.165, 1.54) is 18.3 Å². The van der Waals surface area contributed by atoms with Gasteiger partial charge in [0, 0.05) is 18.8 Å². The molecule has 112 valence electrons. The van der Waals surface area contributed by atoms with Crippen LogP contribution in [-0.2, 0) is 6.54 Å². The first-order valence-electron chi connectivity index (χ1n) is 6.44. The van der Waals surface area contributed by atoms with Crippen LogP contribution in [0.5, 0.6) is 11.6 Å². The van der Waals surface area contributed by atoms with Crippen molar-refractivity contribution in [2.24, 2.45) is 0 Å². The summed E-state index contributed by atoms with van der Waals surface area (Å²) >= 11 is 8.96. The summed E-state index contributed by atoms with van der Waals surface area (Å²) in [5, 5.41) is 3.25. The molecule has 4 nitrogen and oxygen atoms in total. The number of hydrogen-bond donors (Lipinski definition) is 1. The van der Waals surface area contributed by atoms with Crippen LogP contribution in [0.2, 0.25) is 5.02 Å². The van der Waals surface area contributed by atoms with E-state index in [4.69, 9.17) is 16.3 Å². The minimum atomic E-state index is -0.552. The Balaban J connectivity index is 2.12. The van der Waals surface area contributed by atoms with Gasteiger partial charge in [-0.3, -0.25) is 4.98 Å². The Bertz CT molecular complexity index is 627. The summed E-state index contributed by atoms with van der Waals surface area (Å²) in [6.07, 6.45) is 4.18. The molecule has 1 N–H and O–H groups in total. The fraction of sp³-hybridized carbons (Fsp3) is 0.286. The maximum Gasteiger partial charge on any atom is 0.238 e. The normalized spacial score (nSPS) is 10.7. The average Bonchev–Trinajstić information content (AvgIpc) is 2.45. The van der Waals surface area contributed by atoms with E-state index >= 15 is 0 Å². The Hall–Kier alpha value is -1.24. The molecule has 2 rings (SSSR count). The van der Waals surface area contributed by atoms with Gasteiger partial charge in [0.15, 0.2) is 0 Å². The molecular weight excluding hydrogens is 361 g/mol. The van der Waals surface area contributed by atoms with E-state index in [1.54, 1.807) is 6.20 Å². The maximum atomic E-state index is 13.5. The molecule has 1 aromatic heterocycles. The smallest absolute Gasteiger partial charge is 0.238 e. The predicted octanol–water partition coefficient (Wildman–Crippen LogP) is 4.32. The lowest BCUT2D eigenvalue weighted by atomic mass is 10.3. The Morgan fingerprint density at radius 1 is 1.38 bits per heavy atom. The van der Waals surface area contributed by atoms with Gasteiger partial charge in [0.1, 0.15) is 11.6 Å². The fourth-order valence-electron chi connectivity index (χ4n) is 1.61. The molecule has 0 spiro atoms. The number of ether oxygens (including phenoxy) is 1. The van der Waals surface area contributed by atoms with Crippen LogP contribution in [0, 0.1) is 5.82 Å². The number of benzene rings is 1. The molecule has 0 bridgehead atoms. The summed E-state index contributed by atoms with van der Waals surface area (Å²) in [4.78, 5) is 8.38. The lowest BCUT2D eigenvalue weighted by Gasteiger charge is -2.09. The Morgan fingerprint density at radius 3 is 2.95 bits per heavy atom. The lowest BCUT2D eigenvalue weighted by Crippen LogP contribution is -2.15. The average molecular weight is 375 g/mol. The van der Waals surface area contributed by atoms with Gasteiger partial charge in [-0.25, -0.2) is 9.37 Å². The molecule has 0 amide bonds. The van der Waals surface area contributed by atoms with Crippen LogP contribution in [0.3, 0.4) is 0 Å². The molecule has 0 aliphatic rings. The van der Waals surface area contributed by atoms with Crippen molar-refractivity contribution in [1.29, 1.82) is 0 Å². The predicted molar refractivity (Wildman–Crippen MR) is 83.2 cm³/mol. The van der Waals surface area contributed by atoms with Crippen molar-refractivity contribution in [3.8, 4) is 11.6 Å². The second-order valence-electron chi connectivity index (χ2n) is 4.32. The summed E-state index contributed by atoms with van der Waals surface area (Å²) in [6.45, 7) is 3.60. The number of nitrogens with zero attached hydrogens (tertiary/aromatic N) is 2. The molecule has 1 heterocycles. The zero-order valence-electron chi connectivity index (χ0n) is 11.4. The van der Waals surface area contributed by atoms with Crippen molar-refractivity contribution >= 4 is 27.5 Å². The zero-order chi connectivity index (χ0) is 15.2. The molecule has 0 unspecified atom stereocenters. The number of halogens is 3. The van der Waals surface area contributed by atoms with Gasteiger partial charge in [-0.15, -0.1) is 0 Å². The molecule has 0 radical (unpaired) electrons. The van der Waals surface area contributed by atoms with E-state index in [9.17, 15) is 4.39 Å². The Kier molecular flexibility index (Phi) is 5.90. The molecule has 0 saturated carbocycles. The van der Waals surface area contributed by atoms with E-state index in [-0.39, 0.29) is 5.02 Å². The highest BCUT2D eigenvalue weighted by Gasteiger charge is 2.10. The highest BCUT2D eigenvalue weighted by Crippen LogP contribution is 2.33. The summed E-state index contributed by atoms with van der Waals surface area (Å²) in [7, 11) is 0. The van der Waals surface area contributed by atoms with E-state index < -0.39 is 5.82 Å². The van der Waals surface area contributed by atoms with Crippen LogP contribution in [0.15, 0.2) is 29.0 Å². The van der Waals surface area contributed by atoms with Crippen LogP contribution >= 0.6 is 27.5 Å². The Morgan fingerprint density at radius 2 is 2.19 bits per heavy atom. The third-order valence-electron chi connectivity index (χ3n) is 2.58. The highest BCUT2D eigenvalue weighted by atomic mass is 79.9. The SMILES string of the molecule is CCCNCc1cncc(Oc2cc(F)c(Cl)cc2Br)n1. The topological polar surface area (TPSA) is 47.0 Å². The molecular formula is C14H14BrClFN3O. The summed E-state index contributed by atoms with van der Waals surface area (Å²) in [5.41, 5.74) is 0.756. The van der Waals surface area contributed by atoms with Gasteiger partial charge in [0.2, 0.25) is 5.88 Å². The minimum absolute atomic E-state index is 0.0258. The van der Waals surface area contributed by atoms with Gasteiger partial charge in [0.05, 0.1) is 21.4 Å². The first kappa shape index (κ1) is 16.1. The lowest BCUT2D eigenvalue weighted by molar-refractivity contribution is 0.449. The van der Waals surface area contributed by atoms with E-state index in [2.05, 4.69) is 38.1 Å². The van der Waals surface area contributed by atoms with Gasteiger partial charge < -0.3 is 10.1 Å². The number of nitrogens with one attached hydrogen (secondary N) is 1. The van der Waals surface area contributed by atoms with Crippen molar-refractivity contribution in [1.82, 2.24) is 15.3 Å². The standard InChI is InChI=1S/C14H14BrClFN3O/c1-2-3-18-6-9-7-19-8-14(20-9)21-13-5-12(17)11(16)4-10(13)15/h4-5,7-8,18H,2-3,6H2,1H3. The third-order valence-corrected chi connectivity index (χ3v) is 3.49. The van der Waals surface area contributed by atoms with E-state index in [0.717, 1.165) is 18.7 Å². The molecule has 0 aliphatic carbocycles. The molecule has 21 heavy (non-hydrogen) atoms. The first-order chi connectivity index (χ1) is 10.1. The van der Waals surface area contributed by atoms with Crippen molar-refractivity contribution in [2.75, 3.05) is 6.54 Å². The molecule has 1 aromatic carbocycles. The fourth-order valence-corrected chi connectivity index (χ4v) is 2.33. The van der Waals surface area contributed by atoms with E-state index in [0.29, 0.717) is 22.6 Å². The van der Waals surface area contributed by atoms with Crippen LogP contribution in [-0.4, -0.2) is 16.5 Å². The van der Waals surface area contributed by atoms with Crippen molar-refractivity contribution in [2.45, 2.75) is 19.9 Å². The van der Waals surface area contributed by atoms with Gasteiger partial charge in [-0.1, -0.05) is 18.5 Å². The van der Waals surface area contributed by atoms with Crippen LogP contribution in [0.25, 0.3) is 0 Å². The number of hydrogen-bond acceptors (Lipinski definition) is 4. The quantitative estimate of drug-likeness (QED) is 0.604. The second kappa shape index (κ2) is 7.68. The van der Waals surface area contributed by atoms with Crippen LogP contribution in [0.1, 0.15) is 19.0 Å². The molecule has 2 aromatic rings. The van der Waals surface area contributed by atoms with Crippen molar-refractivity contribution in [3.63, 3.8) is 0 Å². The van der Waals surface area contributed by atoms with Gasteiger partial charge in [0.25, 0.3) is 0 Å². The van der Waals surface area contributed by atoms with Gasteiger partial charge >= 0.3 is 0 Å². The maximum absolute atomic E-state index is 13.5. The van der Waals surface area contributed by atoms with Gasteiger partial charge in [-0.05, 0) is 35.0 Å². The summed E-state index contributed by atoms with van der Waals surface area (Å²) in [5.74, 6) is 0.0432. The molecule has 0 atom stereocenters. The monoisotopic (exact) mass is 373 g/mol. The second-order valence-corrected chi connectivity index (χ2v) is 5.59. The first-order valence-corrected chi connectivity index (χ1v) is 7.61. The molecule has 0 aliphatic heterocycles. The van der Waals surface area contributed by atoms with E-state index in [1.807, 2.05) is 0 Å². The largest absolute Gasteiger partial charge is 0.436 e. The highest BCUT2D eigenvalue weighted by molar-refractivity contribution is 9.10.